The third kappa shape index (κ3) is 4.22. The summed E-state index contributed by atoms with van der Waals surface area (Å²) in [5, 5.41) is 6.33. The molecule has 1 atom stereocenters. The van der Waals surface area contributed by atoms with E-state index in [1.54, 1.807) is 4.90 Å². The molecule has 2 aliphatic heterocycles. The van der Waals surface area contributed by atoms with Crippen molar-refractivity contribution >= 4 is 34.7 Å². The van der Waals surface area contributed by atoms with Gasteiger partial charge in [-0.05, 0) is 30.3 Å². The molecule has 148 valence electrons. The minimum Gasteiger partial charge on any atom is -0.379 e. The number of hydrogen-bond donors (Lipinski definition) is 2. The fraction of sp³-hybridized carbons (Fsp3) is 0.350. The maximum absolute atomic E-state index is 13.4. The van der Waals surface area contributed by atoms with Crippen LogP contribution in [0.1, 0.15) is 0 Å². The zero-order valence-electron chi connectivity index (χ0n) is 15.3. The number of para-hydroxylation sites is 2. The van der Waals surface area contributed by atoms with E-state index in [2.05, 4.69) is 15.5 Å². The van der Waals surface area contributed by atoms with E-state index < -0.39 is 5.82 Å². The molecule has 1 saturated heterocycles. The van der Waals surface area contributed by atoms with E-state index in [4.69, 9.17) is 16.3 Å². The molecule has 0 saturated carbocycles. The summed E-state index contributed by atoms with van der Waals surface area (Å²) in [7, 11) is 0. The molecule has 1 fully saturated rings. The van der Waals surface area contributed by atoms with Crippen molar-refractivity contribution in [1.82, 2.24) is 4.90 Å². The molecule has 0 radical (unpaired) electrons. The van der Waals surface area contributed by atoms with Gasteiger partial charge in [0.25, 0.3) is 0 Å². The quantitative estimate of drug-likeness (QED) is 0.820. The van der Waals surface area contributed by atoms with E-state index in [9.17, 15) is 9.18 Å². The van der Waals surface area contributed by atoms with Gasteiger partial charge in [-0.25, -0.2) is 9.18 Å². The van der Waals surface area contributed by atoms with Crippen molar-refractivity contribution in [2.45, 2.75) is 6.04 Å². The van der Waals surface area contributed by atoms with E-state index in [1.165, 1.54) is 18.2 Å². The summed E-state index contributed by atoms with van der Waals surface area (Å²) >= 11 is 5.83. The largest absolute Gasteiger partial charge is 0.379 e. The summed E-state index contributed by atoms with van der Waals surface area (Å²) < 4.78 is 18.8. The molecule has 1 unspecified atom stereocenters. The Morgan fingerprint density at radius 1 is 1.25 bits per heavy atom. The second-order valence-corrected chi connectivity index (χ2v) is 7.35. The van der Waals surface area contributed by atoms with Gasteiger partial charge in [0.05, 0.1) is 35.7 Å². The van der Waals surface area contributed by atoms with Crippen LogP contribution in [0.3, 0.4) is 0 Å². The third-order valence-corrected chi connectivity index (χ3v) is 5.25. The van der Waals surface area contributed by atoms with Gasteiger partial charge in [0.1, 0.15) is 5.82 Å². The van der Waals surface area contributed by atoms with E-state index in [0.717, 1.165) is 44.2 Å². The predicted molar refractivity (Wildman–Crippen MR) is 109 cm³/mol. The Hall–Kier alpha value is -2.35. The van der Waals surface area contributed by atoms with E-state index in [-0.39, 0.29) is 17.1 Å². The first kappa shape index (κ1) is 19.0. The Kier molecular flexibility index (Phi) is 5.66. The van der Waals surface area contributed by atoms with Gasteiger partial charge in [0, 0.05) is 31.9 Å². The highest BCUT2D eigenvalue weighted by atomic mass is 35.5. The number of anilines is 3. The second-order valence-electron chi connectivity index (χ2n) is 6.94. The van der Waals surface area contributed by atoms with Gasteiger partial charge in [0.15, 0.2) is 0 Å². The first-order chi connectivity index (χ1) is 13.6. The van der Waals surface area contributed by atoms with E-state index >= 15 is 0 Å². The number of halogens is 2. The normalized spacial score (nSPS) is 19.6. The lowest BCUT2D eigenvalue weighted by atomic mass is 10.1. The highest BCUT2D eigenvalue weighted by Crippen LogP contribution is 2.31. The van der Waals surface area contributed by atoms with Crippen LogP contribution >= 0.6 is 11.6 Å². The van der Waals surface area contributed by atoms with Crippen LogP contribution in [0.15, 0.2) is 42.5 Å². The van der Waals surface area contributed by atoms with Crippen LogP contribution in [0.25, 0.3) is 0 Å². The van der Waals surface area contributed by atoms with Crippen LogP contribution in [-0.2, 0) is 4.74 Å². The number of benzene rings is 2. The van der Waals surface area contributed by atoms with Gasteiger partial charge in [0.2, 0.25) is 0 Å². The number of rotatable bonds is 3. The van der Waals surface area contributed by atoms with Crippen molar-refractivity contribution in [3.05, 3.63) is 53.3 Å². The molecule has 0 spiro atoms. The average molecular weight is 405 g/mol. The van der Waals surface area contributed by atoms with Crippen molar-refractivity contribution in [2.75, 3.05) is 54.9 Å². The second kappa shape index (κ2) is 8.34. The minimum absolute atomic E-state index is 0.0243. The van der Waals surface area contributed by atoms with Crippen molar-refractivity contribution < 1.29 is 13.9 Å². The van der Waals surface area contributed by atoms with Gasteiger partial charge in [-0.1, -0.05) is 23.7 Å². The maximum atomic E-state index is 13.4. The van der Waals surface area contributed by atoms with Gasteiger partial charge in [-0.3, -0.25) is 9.80 Å². The number of nitrogens with zero attached hydrogens (tertiary/aromatic N) is 2. The Morgan fingerprint density at radius 2 is 2.04 bits per heavy atom. The number of nitrogens with one attached hydrogen (secondary N) is 2. The summed E-state index contributed by atoms with van der Waals surface area (Å²) in [5.41, 5.74) is 2.18. The molecule has 6 nitrogen and oxygen atoms in total. The summed E-state index contributed by atoms with van der Waals surface area (Å²) in [6.45, 7) is 4.59. The number of carbonyl (C=O) groups is 1. The average Bonchev–Trinajstić information content (AvgIpc) is 2.71. The van der Waals surface area contributed by atoms with Crippen molar-refractivity contribution in [3.63, 3.8) is 0 Å². The molecule has 2 N–H and O–H groups in total. The van der Waals surface area contributed by atoms with E-state index in [0.29, 0.717) is 12.2 Å². The molecule has 2 aliphatic rings. The molecular formula is C20H22ClFN4O2. The summed E-state index contributed by atoms with van der Waals surface area (Å²) in [4.78, 5) is 17.0. The molecule has 2 heterocycles. The predicted octanol–water partition coefficient (Wildman–Crippen LogP) is 3.64. The van der Waals surface area contributed by atoms with Gasteiger partial charge in [-0.15, -0.1) is 0 Å². The van der Waals surface area contributed by atoms with Gasteiger partial charge >= 0.3 is 6.03 Å². The number of fused-ring (bicyclic) bond motifs is 1. The Labute approximate surface area is 168 Å². The van der Waals surface area contributed by atoms with Crippen LogP contribution in [0.2, 0.25) is 5.02 Å². The number of amides is 2. The lowest BCUT2D eigenvalue weighted by molar-refractivity contribution is 0.0363. The lowest BCUT2D eigenvalue weighted by Gasteiger charge is -2.38. The van der Waals surface area contributed by atoms with Gasteiger partial charge in [-0.2, -0.15) is 0 Å². The number of urea groups is 1. The van der Waals surface area contributed by atoms with Gasteiger partial charge < -0.3 is 15.4 Å². The third-order valence-electron chi connectivity index (χ3n) is 4.96. The molecule has 2 aromatic carbocycles. The molecular weight excluding hydrogens is 383 g/mol. The number of hydrogen-bond acceptors (Lipinski definition) is 4. The summed E-state index contributed by atoms with van der Waals surface area (Å²) in [5.74, 6) is -0.516. The SMILES string of the molecule is O=C(Nc1ccc(F)c(Cl)c1)N1CC(CN2CCOCC2)Nc2ccccc21. The van der Waals surface area contributed by atoms with Crippen LogP contribution in [0.5, 0.6) is 0 Å². The number of ether oxygens (including phenoxy) is 1. The first-order valence-electron chi connectivity index (χ1n) is 9.29. The molecule has 2 amide bonds. The topological polar surface area (TPSA) is 56.8 Å². The van der Waals surface area contributed by atoms with Crippen molar-refractivity contribution in [3.8, 4) is 0 Å². The monoisotopic (exact) mass is 404 g/mol. The molecule has 0 bridgehead atoms. The lowest BCUT2D eigenvalue weighted by Crippen LogP contribution is -2.52. The zero-order chi connectivity index (χ0) is 19.5. The van der Waals surface area contributed by atoms with Crippen LogP contribution in [0.4, 0.5) is 26.2 Å². The van der Waals surface area contributed by atoms with Crippen molar-refractivity contribution in [2.24, 2.45) is 0 Å². The maximum Gasteiger partial charge on any atom is 0.326 e. The molecule has 0 aliphatic carbocycles. The molecule has 2 aromatic rings. The molecule has 8 heteroatoms. The first-order valence-corrected chi connectivity index (χ1v) is 9.67. The molecule has 0 aromatic heterocycles. The van der Waals surface area contributed by atoms with Crippen LogP contribution in [0, 0.1) is 5.82 Å². The smallest absolute Gasteiger partial charge is 0.326 e. The van der Waals surface area contributed by atoms with E-state index in [1.807, 2.05) is 24.3 Å². The minimum atomic E-state index is -0.516. The Balaban J connectivity index is 1.51. The summed E-state index contributed by atoms with van der Waals surface area (Å²) in [6, 6.07) is 11.7. The number of carbonyl (C=O) groups excluding carboxylic acids is 1. The highest BCUT2D eigenvalue weighted by Gasteiger charge is 2.29. The zero-order valence-corrected chi connectivity index (χ0v) is 16.1. The Bertz CT molecular complexity index is 860. The molecule has 28 heavy (non-hydrogen) atoms. The van der Waals surface area contributed by atoms with Crippen LogP contribution < -0.4 is 15.5 Å². The molecule has 4 rings (SSSR count). The highest BCUT2D eigenvalue weighted by molar-refractivity contribution is 6.31. The standard InChI is InChI=1S/C20H22ClFN4O2/c21-16-11-14(5-6-17(16)22)24-20(27)26-13-15(12-25-7-9-28-10-8-25)23-18-3-1-2-4-19(18)26/h1-6,11,15,23H,7-10,12-13H2,(H,24,27). The fourth-order valence-electron chi connectivity index (χ4n) is 3.57. The van der Waals surface area contributed by atoms with Crippen LogP contribution in [-0.4, -0.2) is 56.4 Å². The van der Waals surface area contributed by atoms with Crippen molar-refractivity contribution in [1.29, 1.82) is 0 Å². The fourth-order valence-corrected chi connectivity index (χ4v) is 3.75. The number of morpholine rings is 1. The Morgan fingerprint density at radius 3 is 2.82 bits per heavy atom. The summed E-state index contributed by atoms with van der Waals surface area (Å²) in [6.07, 6.45) is 0.